The lowest BCUT2D eigenvalue weighted by atomic mass is 9.76. The van der Waals surface area contributed by atoms with Crippen molar-refractivity contribution >= 4 is 5.91 Å². The highest BCUT2D eigenvalue weighted by molar-refractivity contribution is 5.97. The van der Waals surface area contributed by atoms with E-state index in [9.17, 15) is 9.90 Å². The fourth-order valence-electron chi connectivity index (χ4n) is 4.79. The molecule has 0 bridgehead atoms. The lowest BCUT2D eigenvalue weighted by molar-refractivity contribution is 0.0458. The first-order valence-electron chi connectivity index (χ1n) is 9.98. The number of ether oxygens (including phenoxy) is 1. The van der Waals surface area contributed by atoms with Crippen molar-refractivity contribution in [2.75, 3.05) is 39.3 Å². The number of carbonyl (C=O) groups is 1. The maximum atomic E-state index is 12.8. The lowest BCUT2D eigenvalue weighted by Gasteiger charge is -2.38. The monoisotopic (exact) mass is 358 g/mol. The van der Waals surface area contributed by atoms with E-state index in [0.717, 1.165) is 51.1 Å². The molecule has 0 unspecified atom stereocenters. The van der Waals surface area contributed by atoms with Crippen LogP contribution >= 0.6 is 0 Å². The first kappa shape index (κ1) is 17.8. The van der Waals surface area contributed by atoms with E-state index in [4.69, 9.17) is 4.74 Å². The van der Waals surface area contributed by atoms with Gasteiger partial charge in [-0.05, 0) is 69.7 Å². The SMILES string of the molecule is Cc1ccc(O)c(C(=O)N2CCC3(CC2)CO[C@H](CN2CCCC2)C3)c1. The van der Waals surface area contributed by atoms with E-state index in [1.54, 1.807) is 12.1 Å². The molecule has 0 aliphatic carbocycles. The van der Waals surface area contributed by atoms with Crippen molar-refractivity contribution in [3.05, 3.63) is 29.3 Å². The van der Waals surface area contributed by atoms with Crippen LogP contribution in [0.4, 0.5) is 0 Å². The molecule has 3 saturated heterocycles. The Bertz CT molecular complexity index is 661. The van der Waals surface area contributed by atoms with Gasteiger partial charge in [-0.3, -0.25) is 4.79 Å². The molecule has 3 aliphatic rings. The molecule has 5 nitrogen and oxygen atoms in total. The molecule has 0 aromatic heterocycles. The Kier molecular flexibility index (Phi) is 4.93. The first-order chi connectivity index (χ1) is 12.5. The molecular formula is C21H30N2O3. The number of phenols is 1. The van der Waals surface area contributed by atoms with Crippen molar-refractivity contribution in [1.29, 1.82) is 0 Å². The summed E-state index contributed by atoms with van der Waals surface area (Å²) < 4.78 is 6.14. The van der Waals surface area contributed by atoms with Gasteiger partial charge in [0.25, 0.3) is 5.91 Å². The van der Waals surface area contributed by atoms with E-state index in [0.29, 0.717) is 11.7 Å². The molecule has 26 heavy (non-hydrogen) atoms. The topological polar surface area (TPSA) is 53.0 Å². The van der Waals surface area contributed by atoms with Crippen molar-refractivity contribution in [3.63, 3.8) is 0 Å². The Balaban J connectivity index is 1.34. The van der Waals surface area contributed by atoms with Gasteiger partial charge in [0.05, 0.1) is 18.3 Å². The highest BCUT2D eigenvalue weighted by Gasteiger charge is 2.43. The van der Waals surface area contributed by atoms with E-state index in [-0.39, 0.29) is 17.1 Å². The highest BCUT2D eigenvalue weighted by Crippen LogP contribution is 2.42. The molecule has 1 amide bonds. The van der Waals surface area contributed by atoms with Crippen LogP contribution in [-0.2, 0) is 4.74 Å². The van der Waals surface area contributed by atoms with Gasteiger partial charge < -0.3 is 19.6 Å². The predicted molar refractivity (Wildman–Crippen MR) is 100 cm³/mol. The van der Waals surface area contributed by atoms with Gasteiger partial charge in [0, 0.05) is 19.6 Å². The molecule has 1 aromatic carbocycles. The summed E-state index contributed by atoms with van der Waals surface area (Å²) in [6.07, 6.45) is 6.13. The zero-order valence-corrected chi connectivity index (χ0v) is 15.7. The van der Waals surface area contributed by atoms with Gasteiger partial charge in [0.1, 0.15) is 5.75 Å². The third-order valence-corrected chi connectivity index (χ3v) is 6.44. The van der Waals surface area contributed by atoms with Gasteiger partial charge in [0.2, 0.25) is 0 Å². The number of benzene rings is 1. The molecule has 1 atom stereocenters. The smallest absolute Gasteiger partial charge is 0.257 e. The summed E-state index contributed by atoms with van der Waals surface area (Å²) in [5, 5.41) is 10.0. The zero-order chi connectivity index (χ0) is 18.1. The minimum absolute atomic E-state index is 0.0476. The van der Waals surface area contributed by atoms with Crippen LogP contribution in [0.5, 0.6) is 5.75 Å². The Morgan fingerprint density at radius 1 is 1.23 bits per heavy atom. The number of rotatable bonds is 3. The third kappa shape index (κ3) is 3.60. The normalized spacial score (nSPS) is 25.9. The minimum atomic E-state index is -0.0476. The van der Waals surface area contributed by atoms with E-state index >= 15 is 0 Å². The van der Waals surface area contributed by atoms with Gasteiger partial charge in [-0.25, -0.2) is 0 Å². The van der Waals surface area contributed by atoms with Crippen LogP contribution in [-0.4, -0.2) is 66.2 Å². The number of hydrogen-bond acceptors (Lipinski definition) is 4. The van der Waals surface area contributed by atoms with E-state index < -0.39 is 0 Å². The summed E-state index contributed by atoms with van der Waals surface area (Å²) in [5.74, 6) is 0.0318. The summed E-state index contributed by atoms with van der Waals surface area (Å²) in [4.78, 5) is 17.2. The molecular weight excluding hydrogens is 328 g/mol. The number of likely N-dealkylation sites (tertiary alicyclic amines) is 2. The molecule has 4 rings (SSSR count). The molecule has 0 radical (unpaired) electrons. The number of amides is 1. The summed E-state index contributed by atoms with van der Waals surface area (Å²) in [6, 6.07) is 5.22. The summed E-state index contributed by atoms with van der Waals surface area (Å²) in [5.41, 5.74) is 1.67. The third-order valence-electron chi connectivity index (χ3n) is 6.44. The molecule has 1 N–H and O–H groups in total. The quantitative estimate of drug-likeness (QED) is 0.903. The Labute approximate surface area is 155 Å². The van der Waals surface area contributed by atoms with E-state index in [2.05, 4.69) is 4.90 Å². The second kappa shape index (κ2) is 7.20. The number of aryl methyl sites for hydroxylation is 1. The fourth-order valence-corrected chi connectivity index (χ4v) is 4.79. The minimum Gasteiger partial charge on any atom is -0.507 e. The van der Waals surface area contributed by atoms with Gasteiger partial charge in [0.15, 0.2) is 0 Å². The standard InChI is InChI=1S/C21H30N2O3/c1-16-4-5-19(24)18(12-16)20(25)23-10-6-21(7-11-23)13-17(26-15-21)14-22-8-2-3-9-22/h4-5,12,17,24H,2-3,6-11,13-15H2,1H3/t17-/m0/s1. The maximum Gasteiger partial charge on any atom is 0.257 e. The molecule has 1 spiro atoms. The average Bonchev–Trinajstić information content (AvgIpc) is 3.28. The van der Waals surface area contributed by atoms with E-state index in [1.165, 1.54) is 25.9 Å². The summed E-state index contributed by atoms with van der Waals surface area (Å²) in [6.45, 7) is 7.80. The lowest BCUT2D eigenvalue weighted by Crippen LogP contribution is -2.43. The van der Waals surface area contributed by atoms with Crippen molar-refractivity contribution in [3.8, 4) is 5.75 Å². The highest BCUT2D eigenvalue weighted by atomic mass is 16.5. The van der Waals surface area contributed by atoms with Crippen LogP contribution in [0.25, 0.3) is 0 Å². The number of carbonyl (C=O) groups excluding carboxylic acids is 1. The van der Waals surface area contributed by atoms with Crippen molar-refractivity contribution in [1.82, 2.24) is 9.80 Å². The van der Waals surface area contributed by atoms with Crippen molar-refractivity contribution in [2.24, 2.45) is 5.41 Å². The van der Waals surface area contributed by atoms with Crippen LogP contribution in [0.3, 0.4) is 0 Å². The van der Waals surface area contributed by atoms with Gasteiger partial charge in [-0.2, -0.15) is 0 Å². The molecule has 142 valence electrons. The molecule has 3 heterocycles. The van der Waals surface area contributed by atoms with Crippen molar-refractivity contribution in [2.45, 2.75) is 45.1 Å². The predicted octanol–water partition coefficient (Wildman–Crippen LogP) is 2.81. The first-order valence-corrected chi connectivity index (χ1v) is 9.98. The molecule has 3 aliphatic heterocycles. The van der Waals surface area contributed by atoms with Crippen molar-refractivity contribution < 1.29 is 14.6 Å². The average molecular weight is 358 g/mol. The van der Waals surface area contributed by atoms with Gasteiger partial charge in [-0.15, -0.1) is 0 Å². The zero-order valence-electron chi connectivity index (χ0n) is 15.7. The Morgan fingerprint density at radius 2 is 1.96 bits per heavy atom. The number of aromatic hydroxyl groups is 1. The molecule has 3 fully saturated rings. The fraction of sp³-hybridized carbons (Fsp3) is 0.667. The summed E-state index contributed by atoms with van der Waals surface area (Å²) in [7, 11) is 0. The van der Waals surface area contributed by atoms with Gasteiger partial charge >= 0.3 is 0 Å². The maximum absolute atomic E-state index is 12.8. The van der Waals surface area contributed by atoms with Crippen LogP contribution in [0, 0.1) is 12.3 Å². The van der Waals surface area contributed by atoms with Crippen LogP contribution in [0.1, 0.15) is 48.0 Å². The number of hydrogen-bond donors (Lipinski definition) is 1. The number of phenolic OH excluding ortho intramolecular Hbond substituents is 1. The number of piperidine rings is 1. The van der Waals surface area contributed by atoms with E-state index in [1.807, 2.05) is 17.9 Å². The van der Waals surface area contributed by atoms with Crippen LogP contribution < -0.4 is 0 Å². The second-order valence-corrected chi connectivity index (χ2v) is 8.46. The van der Waals surface area contributed by atoms with Gasteiger partial charge in [-0.1, -0.05) is 11.6 Å². The second-order valence-electron chi connectivity index (χ2n) is 8.46. The Hall–Kier alpha value is -1.59. The molecule has 0 saturated carbocycles. The molecule has 5 heteroatoms. The summed E-state index contributed by atoms with van der Waals surface area (Å²) >= 11 is 0. The van der Waals surface area contributed by atoms with Crippen LogP contribution in [0.2, 0.25) is 0 Å². The van der Waals surface area contributed by atoms with Crippen LogP contribution in [0.15, 0.2) is 18.2 Å². The number of nitrogens with zero attached hydrogens (tertiary/aromatic N) is 2. The largest absolute Gasteiger partial charge is 0.507 e. The Morgan fingerprint density at radius 3 is 2.69 bits per heavy atom. The molecule has 1 aromatic rings.